The summed E-state index contributed by atoms with van der Waals surface area (Å²) in [5.41, 5.74) is 1.26. The van der Waals surface area contributed by atoms with Crippen molar-refractivity contribution < 1.29 is 9.47 Å². The first kappa shape index (κ1) is 15.0. The van der Waals surface area contributed by atoms with Gasteiger partial charge in [-0.15, -0.1) is 0 Å². The Morgan fingerprint density at radius 2 is 1.88 bits per heavy atom. The highest BCUT2D eigenvalue weighted by Crippen LogP contribution is 2.32. The zero-order valence-corrected chi connectivity index (χ0v) is 13.7. The zero-order chi connectivity index (χ0) is 16.4. The summed E-state index contributed by atoms with van der Waals surface area (Å²) in [5.74, 6) is 3.53. The molecule has 7 heteroatoms. The monoisotopic (exact) mass is 327 g/mol. The third-order valence-electron chi connectivity index (χ3n) is 4.45. The fourth-order valence-corrected chi connectivity index (χ4v) is 3.09. The maximum atomic E-state index is 5.46. The number of ether oxygens (including phenoxy) is 2. The lowest BCUT2D eigenvalue weighted by Gasteiger charge is -2.35. The number of aromatic nitrogens is 2. The van der Waals surface area contributed by atoms with Gasteiger partial charge in [-0.05, 0) is 17.7 Å². The Labute approximate surface area is 141 Å². The highest BCUT2D eigenvalue weighted by Gasteiger charge is 2.20. The Hall–Kier alpha value is -2.54. The Morgan fingerprint density at radius 3 is 2.71 bits per heavy atom. The first-order valence-corrected chi connectivity index (χ1v) is 8.17. The number of rotatable bonds is 4. The number of hydrogen-bond acceptors (Lipinski definition) is 7. The van der Waals surface area contributed by atoms with Gasteiger partial charge >= 0.3 is 0 Å². The number of benzene rings is 1. The second-order valence-electron chi connectivity index (χ2n) is 5.96. The van der Waals surface area contributed by atoms with Crippen molar-refractivity contribution in [3.63, 3.8) is 0 Å². The normalized spacial score (nSPS) is 17.1. The van der Waals surface area contributed by atoms with E-state index < -0.39 is 0 Å². The lowest BCUT2D eigenvalue weighted by Crippen LogP contribution is -2.46. The highest BCUT2D eigenvalue weighted by atomic mass is 16.7. The van der Waals surface area contributed by atoms with E-state index in [1.165, 1.54) is 5.56 Å². The van der Waals surface area contributed by atoms with Gasteiger partial charge in [0.05, 0.1) is 0 Å². The van der Waals surface area contributed by atoms with E-state index in [0.717, 1.165) is 55.9 Å². The van der Waals surface area contributed by atoms with Gasteiger partial charge in [-0.2, -0.15) is 0 Å². The van der Waals surface area contributed by atoms with Gasteiger partial charge in [0.15, 0.2) is 11.5 Å². The van der Waals surface area contributed by atoms with Crippen molar-refractivity contribution >= 4 is 11.6 Å². The van der Waals surface area contributed by atoms with Gasteiger partial charge in [0.1, 0.15) is 18.0 Å². The van der Waals surface area contributed by atoms with Gasteiger partial charge in [0.25, 0.3) is 0 Å². The van der Waals surface area contributed by atoms with Crippen molar-refractivity contribution in [2.75, 3.05) is 50.2 Å². The summed E-state index contributed by atoms with van der Waals surface area (Å²) in [6.07, 6.45) is 1.61. The van der Waals surface area contributed by atoms with Crippen molar-refractivity contribution in [2.45, 2.75) is 6.54 Å². The van der Waals surface area contributed by atoms with Crippen LogP contribution < -0.4 is 19.7 Å². The topological polar surface area (TPSA) is 62.8 Å². The van der Waals surface area contributed by atoms with Crippen LogP contribution in [0.5, 0.6) is 11.5 Å². The molecule has 2 aliphatic rings. The summed E-state index contributed by atoms with van der Waals surface area (Å²) in [5, 5.41) is 3.06. The van der Waals surface area contributed by atoms with Gasteiger partial charge in [-0.3, -0.25) is 4.90 Å². The Kier molecular flexibility index (Phi) is 4.08. The van der Waals surface area contributed by atoms with Gasteiger partial charge in [-0.25, -0.2) is 9.97 Å². The molecule has 0 bridgehead atoms. The largest absolute Gasteiger partial charge is 0.454 e. The molecule has 7 nitrogen and oxygen atoms in total. The fraction of sp³-hybridized carbons (Fsp3) is 0.412. The first-order valence-electron chi connectivity index (χ1n) is 8.17. The molecular weight excluding hydrogens is 306 g/mol. The third kappa shape index (κ3) is 3.07. The number of nitrogens with one attached hydrogen (secondary N) is 1. The van der Waals surface area contributed by atoms with Crippen LogP contribution in [0.15, 0.2) is 30.6 Å². The smallest absolute Gasteiger partial charge is 0.231 e. The molecule has 0 spiro atoms. The van der Waals surface area contributed by atoms with E-state index in [-0.39, 0.29) is 0 Å². The van der Waals surface area contributed by atoms with Crippen LogP contribution in [-0.4, -0.2) is 54.9 Å². The molecule has 0 unspecified atom stereocenters. The molecule has 0 radical (unpaired) electrons. The Morgan fingerprint density at radius 1 is 1.04 bits per heavy atom. The number of fused-ring (bicyclic) bond motifs is 1. The molecule has 126 valence electrons. The fourth-order valence-electron chi connectivity index (χ4n) is 3.09. The third-order valence-corrected chi connectivity index (χ3v) is 4.45. The Balaban J connectivity index is 1.36. The van der Waals surface area contributed by atoms with Gasteiger partial charge in [0, 0.05) is 45.8 Å². The van der Waals surface area contributed by atoms with Crippen molar-refractivity contribution in [1.82, 2.24) is 14.9 Å². The molecule has 0 amide bonds. The lowest BCUT2D eigenvalue weighted by molar-refractivity contribution is 0.174. The molecule has 1 aromatic carbocycles. The van der Waals surface area contributed by atoms with Crippen LogP contribution in [0.4, 0.5) is 11.6 Å². The standard InChI is InChI=1S/C17H21N5O2/c1-18-16-9-17(20-11-19-16)22-6-4-21(5-7-22)10-13-2-3-14-15(8-13)24-12-23-14/h2-3,8-9,11H,4-7,10,12H2,1H3,(H,18,19,20). The summed E-state index contributed by atoms with van der Waals surface area (Å²) in [6.45, 7) is 5.19. The highest BCUT2D eigenvalue weighted by molar-refractivity contribution is 5.48. The van der Waals surface area contributed by atoms with E-state index in [9.17, 15) is 0 Å². The van der Waals surface area contributed by atoms with Crippen molar-refractivity contribution in [3.05, 3.63) is 36.2 Å². The van der Waals surface area contributed by atoms with Gasteiger partial charge in [-0.1, -0.05) is 6.07 Å². The van der Waals surface area contributed by atoms with E-state index in [1.54, 1.807) is 6.33 Å². The quantitative estimate of drug-likeness (QED) is 0.914. The minimum Gasteiger partial charge on any atom is -0.454 e. The van der Waals surface area contributed by atoms with E-state index >= 15 is 0 Å². The Bertz CT molecular complexity index is 716. The van der Waals surface area contributed by atoms with Crippen LogP contribution in [0.2, 0.25) is 0 Å². The molecule has 0 aliphatic carbocycles. The lowest BCUT2D eigenvalue weighted by atomic mass is 10.1. The van der Waals surface area contributed by atoms with Crippen LogP contribution in [0, 0.1) is 0 Å². The number of nitrogens with zero attached hydrogens (tertiary/aromatic N) is 4. The van der Waals surface area contributed by atoms with E-state index in [1.807, 2.05) is 19.2 Å². The van der Waals surface area contributed by atoms with Crippen molar-refractivity contribution in [3.8, 4) is 11.5 Å². The number of piperazine rings is 1. The van der Waals surface area contributed by atoms with Gasteiger partial charge in [0.2, 0.25) is 6.79 Å². The molecule has 1 aromatic heterocycles. The van der Waals surface area contributed by atoms with Crippen LogP contribution >= 0.6 is 0 Å². The minimum absolute atomic E-state index is 0.324. The summed E-state index contributed by atoms with van der Waals surface area (Å²) in [6, 6.07) is 8.18. The van der Waals surface area contributed by atoms with E-state index in [4.69, 9.17) is 9.47 Å². The van der Waals surface area contributed by atoms with Crippen LogP contribution in [0.1, 0.15) is 5.56 Å². The first-order chi connectivity index (χ1) is 11.8. The molecule has 0 saturated carbocycles. The van der Waals surface area contributed by atoms with Crippen molar-refractivity contribution in [1.29, 1.82) is 0 Å². The summed E-state index contributed by atoms with van der Waals surface area (Å²) in [7, 11) is 1.87. The van der Waals surface area contributed by atoms with Crippen LogP contribution in [0.25, 0.3) is 0 Å². The summed E-state index contributed by atoms with van der Waals surface area (Å²) in [4.78, 5) is 13.3. The predicted molar refractivity (Wildman–Crippen MR) is 91.6 cm³/mol. The molecule has 1 N–H and O–H groups in total. The molecule has 0 atom stereocenters. The van der Waals surface area contributed by atoms with Gasteiger partial charge < -0.3 is 19.7 Å². The number of anilines is 2. The molecular formula is C17H21N5O2. The molecule has 2 aromatic rings. The molecule has 3 heterocycles. The molecule has 1 fully saturated rings. The second kappa shape index (κ2) is 6.52. The SMILES string of the molecule is CNc1cc(N2CCN(Cc3ccc4c(c3)OCO4)CC2)ncn1. The van der Waals surface area contributed by atoms with E-state index in [2.05, 4.69) is 37.2 Å². The minimum atomic E-state index is 0.324. The second-order valence-corrected chi connectivity index (χ2v) is 5.96. The average Bonchev–Trinajstić information content (AvgIpc) is 3.10. The zero-order valence-electron chi connectivity index (χ0n) is 13.7. The maximum Gasteiger partial charge on any atom is 0.231 e. The summed E-state index contributed by atoms with van der Waals surface area (Å²) < 4.78 is 10.8. The molecule has 4 rings (SSSR count). The molecule has 1 saturated heterocycles. The maximum absolute atomic E-state index is 5.46. The van der Waals surface area contributed by atoms with Crippen molar-refractivity contribution in [2.24, 2.45) is 0 Å². The molecule has 2 aliphatic heterocycles. The van der Waals surface area contributed by atoms with Crippen LogP contribution in [0.3, 0.4) is 0 Å². The molecule has 24 heavy (non-hydrogen) atoms. The predicted octanol–water partition coefficient (Wildman–Crippen LogP) is 1.57. The van der Waals surface area contributed by atoms with Crippen LogP contribution in [-0.2, 0) is 6.54 Å². The summed E-state index contributed by atoms with van der Waals surface area (Å²) >= 11 is 0. The average molecular weight is 327 g/mol. The van der Waals surface area contributed by atoms with E-state index in [0.29, 0.717) is 6.79 Å². The number of hydrogen-bond donors (Lipinski definition) is 1.